The van der Waals surface area contributed by atoms with Crippen LogP contribution < -0.4 is 9.64 Å². The monoisotopic (exact) mass is 427 g/mol. The highest BCUT2D eigenvalue weighted by Crippen LogP contribution is 2.45. The fourth-order valence-electron chi connectivity index (χ4n) is 4.22. The van der Waals surface area contributed by atoms with Crippen molar-refractivity contribution in [3.8, 4) is 11.8 Å². The number of piperidine rings is 1. The maximum atomic E-state index is 12.5. The van der Waals surface area contributed by atoms with Crippen LogP contribution in [-0.4, -0.2) is 75.2 Å². The van der Waals surface area contributed by atoms with E-state index >= 15 is 0 Å². The van der Waals surface area contributed by atoms with E-state index in [1.54, 1.807) is 13.4 Å². The molecule has 1 amide bonds. The molecule has 2 heterocycles. The van der Waals surface area contributed by atoms with E-state index in [2.05, 4.69) is 16.0 Å². The van der Waals surface area contributed by atoms with Crippen LogP contribution in [0.3, 0.4) is 0 Å². The minimum Gasteiger partial charge on any atom is -0.495 e. The minimum absolute atomic E-state index is 0.0503. The summed E-state index contributed by atoms with van der Waals surface area (Å²) in [6.45, 7) is 8.72. The molecule has 2 aliphatic heterocycles. The summed E-state index contributed by atoms with van der Waals surface area (Å²) in [6, 6.07) is 5.91. The highest BCUT2D eigenvalue weighted by molar-refractivity contribution is 5.74. The van der Waals surface area contributed by atoms with Crippen LogP contribution >= 0.6 is 0 Å². The first-order chi connectivity index (χ1) is 14.6. The molecule has 2 saturated heterocycles. The summed E-state index contributed by atoms with van der Waals surface area (Å²) in [7, 11) is 5.39. The van der Waals surface area contributed by atoms with Gasteiger partial charge in [0.05, 0.1) is 30.4 Å². The molecule has 8 heteroatoms. The van der Waals surface area contributed by atoms with Gasteiger partial charge >= 0.3 is 6.09 Å². The van der Waals surface area contributed by atoms with Crippen molar-refractivity contribution >= 4 is 23.8 Å². The summed E-state index contributed by atoms with van der Waals surface area (Å²) in [6.07, 6.45) is 3.46. The van der Waals surface area contributed by atoms with Crippen molar-refractivity contribution < 1.29 is 14.3 Å². The number of methoxy groups -OCH3 is 1. The Labute approximate surface area is 185 Å². The first kappa shape index (κ1) is 22.7. The van der Waals surface area contributed by atoms with Crippen molar-refractivity contribution in [1.29, 1.82) is 5.26 Å². The van der Waals surface area contributed by atoms with E-state index < -0.39 is 5.60 Å². The molecule has 0 bridgehead atoms. The van der Waals surface area contributed by atoms with Gasteiger partial charge in [-0.1, -0.05) is 0 Å². The molecule has 3 rings (SSSR count). The fourth-order valence-corrected chi connectivity index (χ4v) is 4.22. The van der Waals surface area contributed by atoms with E-state index in [9.17, 15) is 10.1 Å². The largest absolute Gasteiger partial charge is 0.495 e. The Morgan fingerprint density at radius 3 is 2.58 bits per heavy atom. The van der Waals surface area contributed by atoms with Gasteiger partial charge in [-0.3, -0.25) is 0 Å². The zero-order valence-electron chi connectivity index (χ0n) is 19.4. The molecule has 0 unspecified atom stereocenters. The molecule has 0 atom stereocenters. The van der Waals surface area contributed by atoms with Crippen molar-refractivity contribution in [2.45, 2.75) is 39.2 Å². The average molecular weight is 428 g/mol. The second-order valence-electron chi connectivity index (χ2n) is 9.72. The molecule has 8 nitrogen and oxygen atoms in total. The van der Waals surface area contributed by atoms with Crippen molar-refractivity contribution in [2.75, 3.05) is 52.3 Å². The molecule has 31 heavy (non-hydrogen) atoms. The zero-order valence-corrected chi connectivity index (χ0v) is 19.4. The lowest BCUT2D eigenvalue weighted by Gasteiger charge is -2.55. The summed E-state index contributed by atoms with van der Waals surface area (Å²) in [5.41, 5.74) is 1.54. The predicted octanol–water partition coefficient (Wildman–Crippen LogP) is 3.63. The number of ether oxygens (including phenoxy) is 2. The lowest BCUT2D eigenvalue weighted by Crippen LogP contribution is -2.64. The van der Waals surface area contributed by atoms with E-state index in [1.807, 2.05) is 56.8 Å². The molecule has 1 aromatic carbocycles. The number of hydrogen-bond donors (Lipinski definition) is 0. The number of hydrogen-bond acceptors (Lipinski definition) is 6. The van der Waals surface area contributed by atoms with Gasteiger partial charge < -0.3 is 24.2 Å². The van der Waals surface area contributed by atoms with Gasteiger partial charge in [0.2, 0.25) is 0 Å². The van der Waals surface area contributed by atoms with E-state index in [0.717, 1.165) is 38.2 Å². The Morgan fingerprint density at radius 2 is 2.00 bits per heavy atom. The number of aliphatic imine (C=N–C) groups is 1. The Balaban J connectivity index is 1.75. The second kappa shape index (κ2) is 8.66. The van der Waals surface area contributed by atoms with Crippen LogP contribution in [0.1, 0.15) is 39.2 Å². The molecule has 0 aliphatic carbocycles. The molecule has 168 valence electrons. The van der Waals surface area contributed by atoms with Crippen molar-refractivity contribution in [3.05, 3.63) is 17.7 Å². The number of likely N-dealkylation sites (tertiary alicyclic amines) is 1. The topological polar surface area (TPSA) is 81.4 Å². The van der Waals surface area contributed by atoms with Crippen LogP contribution in [-0.2, 0) is 4.74 Å². The molecule has 2 aliphatic rings. The third-order valence-electron chi connectivity index (χ3n) is 5.55. The van der Waals surface area contributed by atoms with Crippen molar-refractivity contribution in [1.82, 2.24) is 9.80 Å². The summed E-state index contributed by atoms with van der Waals surface area (Å²) in [4.78, 5) is 22.8. The predicted molar refractivity (Wildman–Crippen MR) is 121 cm³/mol. The smallest absolute Gasteiger partial charge is 0.410 e. The number of carbonyl (C=O) groups excluding carboxylic acids is 1. The van der Waals surface area contributed by atoms with Crippen LogP contribution in [0.15, 0.2) is 17.1 Å². The summed E-state index contributed by atoms with van der Waals surface area (Å²) < 4.78 is 11.2. The highest BCUT2D eigenvalue weighted by Gasteiger charge is 2.47. The van der Waals surface area contributed by atoms with Crippen molar-refractivity contribution in [2.24, 2.45) is 10.4 Å². The van der Waals surface area contributed by atoms with E-state index in [0.29, 0.717) is 23.5 Å². The maximum absolute atomic E-state index is 12.5. The van der Waals surface area contributed by atoms with E-state index in [4.69, 9.17) is 9.47 Å². The molecule has 2 fully saturated rings. The molecule has 0 aromatic heterocycles. The normalized spacial score (nSPS) is 18.0. The number of benzene rings is 1. The fraction of sp³-hybridized carbons (Fsp3) is 0.609. The van der Waals surface area contributed by atoms with Gasteiger partial charge in [-0.2, -0.15) is 5.26 Å². The van der Waals surface area contributed by atoms with Crippen LogP contribution in [0.5, 0.6) is 5.75 Å². The summed E-state index contributed by atoms with van der Waals surface area (Å²) in [5, 5.41) is 9.62. The third-order valence-corrected chi connectivity index (χ3v) is 5.55. The maximum Gasteiger partial charge on any atom is 0.410 e. The molecular weight excluding hydrogens is 394 g/mol. The van der Waals surface area contributed by atoms with Gasteiger partial charge in [-0.25, -0.2) is 9.79 Å². The Kier molecular flexibility index (Phi) is 6.35. The number of anilines is 1. The van der Waals surface area contributed by atoms with Gasteiger partial charge in [-0.05, 0) is 39.7 Å². The number of rotatable bonds is 4. The molecule has 1 aromatic rings. The summed E-state index contributed by atoms with van der Waals surface area (Å²) >= 11 is 0. The van der Waals surface area contributed by atoms with E-state index in [1.165, 1.54) is 0 Å². The first-order valence-electron chi connectivity index (χ1n) is 10.6. The van der Waals surface area contributed by atoms with Gasteiger partial charge in [0, 0.05) is 51.8 Å². The molecule has 0 radical (unpaired) electrons. The molecule has 0 saturated carbocycles. The van der Waals surface area contributed by atoms with Crippen molar-refractivity contribution in [3.63, 3.8) is 0 Å². The third kappa shape index (κ3) is 5.22. The Hall–Kier alpha value is -2.95. The molecular formula is C23H33N5O3. The van der Waals surface area contributed by atoms with Crippen LogP contribution in [0.4, 0.5) is 16.2 Å². The highest BCUT2D eigenvalue weighted by atomic mass is 16.6. The van der Waals surface area contributed by atoms with Gasteiger partial charge in [0.25, 0.3) is 0 Å². The van der Waals surface area contributed by atoms with E-state index in [-0.39, 0.29) is 11.5 Å². The number of nitrogens with zero attached hydrogens (tertiary/aromatic N) is 5. The lowest BCUT2D eigenvalue weighted by atomic mass is 9.73. The van der Waals surface area contributed by atoms with Crippen LogP contribution in [0.2, 0.25) is 0 Å². The van der Waals surface area contributed by atoms with Gasteiger partial charge in [0.15, 0.2) is 0 Å². The Morgan fingerprint density at radius 1 is 1.29 bits per heavy atom. The summed E-state index contributed by atoms with van der Waals surface area (Å²) in [5.74, 6) is 0.694. The first-order valence-corrected chi connectivity index (χ1v) is 10.6. The molecule has 1 spiro atoms. The van der Waals surface area contributed by atoms with Gasteiger partial charge in [-0.15, -0.1) is 0 Å². The number of carbonyl (C=O) groups is 1. The second-order valence-corrected chi connectivity index (χ2v) is 9.72. The SMILES string of the molecule is COc1cc(/N=C\N(C)C)c(C#N)cc1N1CC2(CCCN(C(=O)OC(C)(C)C)C2)C1. The van der Waals surface area contributed by atoms with Crippen LogP contribution in [0.25, 0.3) is 0 Å². The standard InChI is InChI=1S/C23H33N5O3/c1-22(2,3)31-21(29)27-9-7-8-23(13-27)14-28(15-23)19-10-17(12-24)18(11-20(19)30-6)25-16-26(4)5/h10-11,16H,7-9,13-15H2,1-6H3/b25-16-. The van der Waals surface area contributed by atoms with Gasteiger partial charge in [0.1, 0.15) is 17.4 Å². The number of nitriles is 1. The number of amides is 1. The minimum atomic E-state index is -0.495. The molecule has 0 N–H and O–H groups in total. The zero-order chi connectivity index (χ0) is 22.8. The lowest BCUT2D eigenvalue weighted by molar-refractivity contribution is -0.00151. The Bertz CT molecular complexity index is 892. The average Bonchev–Trinajstić information content (AvgIpc) is 2.68. The van der Waals surface area contributed by atoms with Crippen LogP contribution in [0, 0.1) is 16.7 Å². The quantitative estimate of drug-likeness (QED) is 0.539.